The Morgan fingerprint density at radius 1 is 0.929 bits per heavy atom. The zero-order valence-corrected chi connectivity index (χ0v) is 15.6. The zero-order chi connectivity index (χ0) is 19.5. The molecular formula is C21H19N5O2. The second-order valence-corrected chi connectivity index (χ2v) is 6.21. The van der Waals surface area contributed by atoms with Crippen LogP contribution in [0.2, 0.25) is 0 Å². The fraction of sp³-hybridized carbons (Fsp3) is 0.143. The van der Waals surface area contributed by atoms with Crippen molar-refractivity contribution in [3.8, 4) is 23.0 Å². The number of fused-ring (bicyclic) bond motifs is 1. The van der Waals surface area contributed by atoms with Gasteiger partial charge in [-0.2, -0.15) is 15.0 Å². The Kier molecular flexibility index (Phi) is 4.72. The van der Waals surface area contributed by atoms with Crippen molar-refractivity contribution in [2.24, 2.45) is 0 Å². The van der Waals surface area contributed by atoms with Gasteiger partial charge < -0.3 is 15.2 Å². The Labute approximate surface area is 162 Å². The normalized spacial score (nSPS) is 10.8. The van der Waals surface area contributed by atoms with Gasteiger partial charge in [-0.3, -0.25) is 0 Å². The number of hydrogen-bond acceptors (Lipinski definition) is 7. The summed E-state index contributed by atoms with van der Waals surface area (Å²) in [5.41, 5.74) is 9.19. The smallest absolute Gasteiger partial charge is 0.321 e. The Bertz CT molecular complexity index is 1110. The summed E-state index contributed by atoms with van der Waals surface area (Å²) in [5, 5.41) is 0.962. The van der Waals surface area contributed by atoms with E-state index in [0.29, 0.717) is 5.82 Å². The van der Waals surface area contributed by atoms with Crippen molar-refractivity contribution in [2.75, 3.05) is 12.8 Å². The van der Waals surface area contributed by atoms with Crippen molar-refractivity contribution in [1.82, 2.24) is 19.9 Å². The van der Waals surface area contributed by atoms with E-state index in [-0.39, 0.29) is 18.6 Å². The molecule has 0 unspecified atom stereocenters. The van der Waals surface area contributed by atoms with Crippen LogP contribution in [0.4, 0.5) is 5.95 Å². The molecule has 2 N–H and O–H groups in total. The van der Waals surface area contributed by atoms with Crippen LogP contribution >= 0.6 is 0 Å². The molecule has 0 saturated heterocycles. The first-order chi connectivity index (χ1) is 13.6. The topological polar surface area (TPSA) is 96.0 Å². The fourth-order valence-electron chi connectivity index (χ4n) is 3.02. The summed E-state index contributed by atoms with van der Waals surface area (Å²) in [6.45, 7) is 1.98. The SMILES string of the molecule is COc1cccc2cc(COc3nc(C)nc(N)n3)c(-c3ccccc3)nc12. The molecule has 0 amide bonds. The van der Waals surface area contributed by atoms with E-state index < -0.39 is 0 Å². The minimum Gasteiger partial charge on any atom is -0.494 e. The van der Waals surface area contributed by atoms with E-state index in [1.807, 2.05) is 54.6 Å². The van der Waals surface area contributed by atoms with Crippen molar-refractivity contribution in [1.29, 1.82) is 0 Å². The van der Waals surface area contributed by atoms with E-state index in [2.05, 4.69) is 15.0 Å². The van der Waals surface area contributed by atoms with Crippen LogP contribution in [0.3, 0.4) is 0 Å². The van der Waals surface area contributed by atoms with Crippen molar-refractivity contribution in [3.63, 3.8) is 0 Å². The van der Waals surface area contributed by atoms with Gasteiger partial charge in [0.25, 0.3) is 0 Å². The molecule has 7 nitrogen and oxygen atoms in total. The first kappa shape index (κ1) is 17.7. The molecule has 0 saturated carbocycles. The monoisotopic (exact) mass is 373 g/mol. The van der Waals surface area contributed by atoms with Gasteiger partial charge in [-0.1, -0.05) is 42.5 Å². The number of anilines is 1. The number of rotatable bonds is 5. The van der Waals surface area contributed by atoms with Crippen LogP contribution in [0.5, 0.6) is 11.8 Å². The zero-order valence-electron chi connectivity index (χ0n) is 15.6. The lowest BCUT2D eigenvalue weighted by molar-refractivity contribution is 0.279. The lowest BCUT2D eigenvalue weighted by atomic mass is 10.0. The highest BCUT2D eigenvalue weighted by atomic mass is 16.5. The van der Waals surface area contributed by atoms with Gasteiger partial charge in [0.05, 0.1) is 12.8 Å². The molecule has 0 aliphatic heterocycles. The highest BCUT2D eigenvalue weighted by molar-refractivity contribution is 5.88. The van der Waals surface area contributed by atoms with Crippen LogP contribution in [0.1, 0.15) is 11.4 Å². The number of nitrogens with two attached hydrogens (primary N) is 1. The summed E-state index contributed by atoms with van der Waals surface area (Å²) in [4.78, 5) is 17.1. The van der Waals surface area contributed by atoms with Gasteiger partial charge in [0.2, 0.25) is 5.95 Å². The number of nitrogen functional groups attached to an aromatic ring is 1. The van der Waals surface area contributed by atoms with Gasteiger partial charge in [0.1, 0.15) is 23.7 Å². The third kappa shape index (κ3) is 3.55. The van der Waals surface area contributed by atoms with Crippen LogP contribution in [-0.4, -0.2) is 27.0 Å². The summed E-state index contributed by atoms with van der Waals surface area (Å²) in [6, 6.07) is 18.0. The van der Waals surface area contributed by atoms with Crippen LogP contribution in [0, 0.1) is 6.92 Å². The molecular weight excluding hydrogens is 354 g/mol. The van der Waals surface area contributed by atoms with Gasteiger partial charge in [-0.15, -0.1) is 0 Å². The summed E-state index contributed by atoms with van der Waals surface area (Å²) in [7, 11) is 1.64. The number of pyridine rings is 1. The average Bonchev–Trinajstić information content (AvgIpc) is 2.71. The van der Waals surface area contributed by atoms with E-state index in [1.165, 1.54) is 0 Å². The summed E-state index contributed by atoms with van der Waals surface area (Å²) >= 11 is 0. The average molecular weight is 373 g/mol. The number of aryl methyl sites for hydroxylation is 1. The molecule has 0 aliphatic rings. The lowest BCUT2D eigenvalue weighted by Gasteiger charge is -2.13. The number of benzene rings is 2. The number of aromatic nitrogens is 4. The molecule has 2 aromatic carbocycles. The molecule has 4 rings (SSSR count). The largest absolute Gasteiger partial charge is 0.494 e. The second kappa shape index (κ2) is 7.48. The molecule has 2 heterocycles. The number of ether oxygens (including phenoxy) is 2. The van der Waals surface area contributed by atoms with Crippen LogP contribution in [0.15, 0.2) is 54.6 Å². The van der Waals surface area contributed by atoms with Crippen molar-refractivity contribution in [2.45, 2.75) is 13.5 Å². The van der Waals surface area contributed by atoms with Gasteiger partial charge in [0.15, 0.2) is 0 Å². The molecule has 0 radical (unpaired) electrons. The highest BCUT2D eigenvalue weighted by Crippen LogP contribution is 2.30. The molecule has 0 bridgehead atoms. The second-order valence-electron chi connectivity index (χ2n) is 6.21. The van der Waals surface area contributed by atoms with Crippen LogP contribution in [-0.2, 0) is 6.61 Å². The number of methoxy groups -OCH3 is 1. The third-order valence-electron chi connectivity index (χ3n) is 4.26. The van der Waals surface area contributed by atoms with Crippen LogP contribution < -0.4 is 15.2 Å². The van der Waals surface area contributed by atoms with E-state index in [9.17, 15) is 0 Å². The van der Waals surface area contributed by atoms with Gasteiger partial charge in [-0.05, 0) is 19.1 Å². The molecule has 4 aromatic rings. The van der Waals surface area contributed by atoms with Gasteiger partial charge >= 0.3 is 6.01 Å². The highest BCUT2D eigenvalue weighted by Gasteiger charge is 2.13. The predicted molar refractivity (Wildman–Crippen MR) is 107 cm³/mol. The minimum atomic E-state index is 0.132. The van der Waals surface area contributed by atoms with E-state index in [1.54, 1.807) is 14.0 Å². The van der Waals surface area contributed by atoms with Gasteiger partial charge in [0, 0.05) is 16.5 Å². The van der Waals surface area contributed by atoms with E-state index in [0.717, 1.165) is 33.5 Å². The molecule has 28 heavy (non-hydrogen) atoms. The summed E-state index contributed by atoms with van der Waals surface area (Å²) in [5.74, 6) is 1.36. The lowest BCUT2D eigenvalue weighted by Crippen LogP contribution is -2.06. The Balaban J connectivity index is 1.79. The van der Waals surface area contributed by atoms with Crippen molar-refractivity contribution >= 4 is 16.9 Å². The molecule has 0 atom stereocenters. The molecule has 7 heteroatoms. The minimum absolute atomic E-state index is 0.132. The molecule has 2 aromatic heterocycles. The molecule has 140 valence electrons. The molecule has 0 spiro atoms. The maximum Gasteiger partial charge on any atom is 0.321 e. The standard InChI is InChI=1S/C21H19N5O2/c1-13-23-20(22)26-21(24-13)28-12-16-11-15-9-6-10-17(27-2)19(15)25-18(16)14-7-4-3-5-8-14/h3-11H,12H2,1-2H3,(H2,22,23,24,26). The Morgan fingerprint density at radius 3 is 2.50 bits per heavy atom. The first-order valence-corrected chi connectivity index (χ1v) is 8.77. The Hall–Kier alpha value is -3.74. The Morgan fingerprint density at radius 2 is 1.75 bits per heavy atom. The van der Waals surface area contributed by atoms with Crippen LogP contribution in [0.25, 0.3) is 22.2 Å². The van der Waals surface area contributed by atoms with E-state index in [4.69, 9.17) is 20.2 Å². The first-order valence-electron chi connectivity index (χ1n) is 8.77. The van der Waals surface area contributed by atoms with Crippen molar-refractivity contribution < 1.29 is 9.47 Å². The fourth-order valence-corrected chi connectivity index (χ4v) is 3.02. The quantitative estimate of drug-likeness (QED) is 0.571. The van der Waals surface area contributed by atoms with E-state index >= 15 is 0 Å². The number of para-hydroxylation sites is 1. The molecule has 0 fully saturated rings. The summed E-state index contributed by atoms with van der Waals surface area (Å²) < 4.78 is 11.3. The van der Waals surface area contributed by atoms with Crippen molar-refractivity contribution in [3.05, 3.63) is 66.0 Å². The van der Waals surface area contributed by atoms with Gasteiger partial charge in [-0.25, -0.2) is 4.98 Å². The maximum absolute atomic E-state index is 5.81. The summed E-state index contributed by atoms with van der Waals surface area (Å²) in [6.07, 6.45) is 0. The number of hydrogen-bond donors (Lipinski definition) is 1. The predicted octanol–water partition coefficient (Wildman–Crippen LogP) is 3.57. The molecule has 0 aliphatic carbocycles. The maximum atomic E-state index is 5.81. The third-order valence-corrected chi connectivity index (χ3v) is 4.26. The number of nitrogens with zero attached hydrogens (tertiary/aromatic N) is 4.